The van der Waals surface area contributed by atoms with Crippen LogP contribution in [-0.2, 0) is 6.61 Å². The number of thiocarbonyl (C=S) groups is 1. The van der Waals surface area contributed by atoms with Gasteiger partial charge in [0.2, 0.25) is 0 Å². The Labute approximate surface area is 117 Å². The van der Waals surface area contributed by atoms with Crippen LogP contribution in [0, 0.1) is 12.7 Å². The van der Waals surface area contributed by atoms with Crippen LogP contribution >= 0.6 is 12.2 Å². The second-order valence-electron chi connectivity index (χ2n) is 4.28. The lowest BCUT2D eigenvalue weighted by molar-refractivity contribution is 0.290. The highest BCUT2D eigenvalue weighted by Crippen LogP contribution is 2.19. The lowest BCUT2D eigenvalue weighted by atomic mass is 10.1. The monoisotopic (exact) mass is 275 g/mol. The van der Waals surface area contributed by atoms with Crippen molar-refractivity contribution in [1.82, 2.24) is 0 Å². The average molecular weight is 275 g/mol. The molecule has 0 atom stereocenters. The van der Waals surface area contributed by atoms with E-state index in [0.29, 0.717) is 11.6 Å². The van der Waals surface area contributed by atoms with Gasteiger partial charge in [-0.2, -0.15) is 0 Å². The molecule has 0 heterocycles. The minimum absolute atomic E-state index is 0.262. The summed E-state index contributed by atoms with van der Waals surface area (Å²) in [6, 6.07) is 12.2. The molecule has 0 saturated carbocycles. The largest absolute Gasteiger partial charge is 0.486 e. The van der Waals surface area contributed by atoms with Gasteiger partial charge in [0.25, 0.3) is 0 Å². The summed E-state index contributed by atoms with van der Waals surface area (Å²) < 4.78 is 18.9. The molecule has 0 aliphatic rings. The van der Waals surface area contributed by atoms with Gasteiger partial charge >= 0.3 is 0 Å². The molecule has 0 aliphatic heterocycles. The Morgan fingerprint density at radius 2 is 1.89 bits per heavy atom. The molecule has 0 aliphatic carbocycles. The number of halogens is 1. The van der Waals surface area contributed by atoms with Crippen molar-refractivity contribution in [3.63, 3.8) is 0 Å². The standard InChI is InChI=1S/C15H14FNOS/c1-10-2-7-13(16)14(8-10)18-9-11-3-5-12(6-4-11)15(17)19/h2-8H,9H2,1H3,(H2,17,19). The van der Waals surface area contributed by atoms with Gasteiger partial charge in [0.15, 0.2) is 11.6 Å². The van der Waals surface area contributed by atoms with Crippen LogP contribution in [0.1, 0.15) is 16.7 Å². The highest BCUT2D eigenvalue weighted by atomic mass is 32.1. The predicted octanol–water partition coefficient (Wildman–Crippen LogP) is 3.35. The lowest BCUT2D eigenvalue weighted by Gasteiger charge is -2.08. The number of nitrogens with two attached hydrogens (primary N) is 1. The highest BCUT2D eigenvalue weighted by Gasteiger charge is 2.04. The van der Waals surface area contributed by atoms with Gasteiger partial charge in [-0.15, -0.1) is 0 Å². The van der Waals surface area contributed by atoms with Crippen LogP contribution in [0.25, 0.3) is 0 Å². The molecule has 0 saturated heterocycles. The van der Waals surface area contributed by atoms with Gasteiger partial charge in [-0.05, 0) is 30.2 Å². The van der Waals surface area contributed by atoms with Gasteiger partial charge in [0, 0.05) is 5.56 Å². The number of benzene rings is 2. The lowest BCUT2D eigenvalue weighted by Crippen LogP contribution is -2.09. The van der Waals surface area contributed by atoms with E-state index in [0.717, 1.165) is 16.7 Å². The number of hydrogen-bond acceptors (Lipinski definition) is 2. The van der Waals surface area contributed by atoms with E-state index in [4.69, 9.17) is 22.7 Å². The minimum atomic E-state index is -0.356. The highest BCUT2D eigenvalue weighted by molar-refractivity contribution is 7.80. The van der Waals surface area contributed by atoms with Gasteiger partial charge in [-0.3, -0.25) is 0 Å². The van der Waals surface area contributed by atoms with Crippen molar-refractivity contribution >= 4 is 17.2 Å². The molecule has 0 radical (unpaired) electrons. The second-order valence-corrected chi connectivity index (χ2v) is 4.72. The molecule has 2 rings (SSSR count). The maximum atomic E-state index is 13.5. The number of rotatable bonds is 4. The number of ether oxygens (including phenoxy) is 1. The van der Waals surface area contributed by atoms with Gasteiger partial charge in [-0.25, -0.2) is 4.39 Å². The summed E-state index contributed by atoms with van der Waals surface area (Å²) in [5, 5.41) is 0. The Morgan fingerprint density at radius 3 is 2.53 bits per heavy atom. The molecular weight excluding hydrogens is 261 g/mol. The summed E-state index contributed by atoms with van der Waals surface area (Å²) in [7, 11) is 0. The van der Waals surface area contributed by atoms with Crippen LogP contribution in [-0.4, -0.2) is 4.99 Å². The molecule has 0 spiro atoms. The normalized spacial score (nSPS) is 10.2. The maximum absolute atomic E-state index is 13.5. The summed E-state index contributed by atoms with van der Waals surface area (Å²) in [6.45, 7) is 2.20. The van der Waals surface area contributed by atoms with Gasteiger partial charge in [-0.1, -0.05) is 42.5 Å². The Kier molecular flexibility index (Phi) is 4.12. The zero-order valence-corrected chi connectivity index (χ0v) is 11.3. The third kappa shape index (κ3) is 3.51. The third-order valence-corrected chi connectivity index (χ3v) is 2.96. The smallest absolute Gasteiger partial charge is 0.165 e. The first-order valence-corrected chi connectivity index (χ1v) is 6.25. The van der Waals surface area contributed by atoms with E-state index in [-0.39, 0.29) is 11.6 Å². The van der Waals surface area contributed by atoms with Crippen LogP contribution in [0.3, 0.4) is 0 Å². The summed E-state index contributed by atoms with van der Waals surface area (Å²) in [5.74, 6) is -0.0937. The van der Waals surface area contributed by atoms with E-state index in [2.05, 4.69) is 0 Å². The van der Waals surface area contributed by atoms with Crippen LogP contribution < -0.4 is 10.5 Å². The minimum Gasteiger partial charge on any atom is -0.486 e. The molecule has 0 unspecified atom stereocenters. The fourth-order valence-electron chi connectivity index (χ4n) is 1.65. The molecule has 2 N–H and O–H groups in total. The first-order valence-electron chi connectivity index (χ1n) is 5.84. The fourth-order valence-corrected chi connectivity index (χ4v) is 1.78. The Balaban J connectivity index is 2.06. The zero-order valence-electron chi connectivity index (χ0n) is 10.5. The van der Waals surface area contributed by atoms with E-state index in [1.54, 1.807) is 12.1 Å². The molecule has 0 fully saturated rings. The van der Waals surface area contributed by atoms with Crippen molar-refractivity contribution in [2.45, 2.75) is 13.5 Å². The fraction of sp³-hybridized carbons (Fsp3) is 0.133. The van der Waals surface area contributed by atoms with Crippen LogP contribution in [0.2, 0.25) is 0 Å². The summed E-state index contributed by atoms with van der Waals surface area (Å²) >= 11 is 4.87. The topological polar surface area (TPSA) is 35.2 Å². The van der Waals surface area contributed by atoms with Crippen LogP contribution in [0.5, 0.6) is 5.75 Å². The van der Waals surface area contributed by atoms with Crippen molar-refractivity contribution in [2.75, 3.05) is 0 Å². The average Bonchev–Trinajstić information content (AvgIpc) is 2.40. The number of hydrogen-bond donors (Lipinski definition) is 1. The van der Waals surface area contributed by atoms with Crippen molar-refractivity contribution in [3.05, 3.63) is 65.0 Å². The number of aryl methyl sites for hydroxylation is 1. The van der Waals surface area contributed by atoms with Crippen LogP contribution in [0.4, 0.5) is 4.39 Å². The van der Waals surface area contributed by atoms with E-state index in [1.165, 1.54) is 6.07 Å². The summed E-state index contributed by atoms with van der Waals surface area (Å²) in [6.07, 6.45) is 0. The van der Waals surface area contributed by atoms with Gasteiger partial charge in [0.1, 0.15) is 11.6 Å². The molecule has 2 nitrogen and oxygen atoms in total. The summed E-state index contributed by atoms with van der Waals surface area (Å²) in [4.78, 5) is 0.359. The molecule has 0 amide bonds. The van der Waals surface area contributed by atoms with Crippen LogP contribution in [0.15, 0.2) is 42.5 Å². The Morgan fingerprint density at radius 1 is 1.21 bits per heavy atom. The molecule has 4 heteroatoms. The SMILES string of the molecule is Cc1ccc(F)c(OCc2ccc(C(N)=S)cc2)c1. The van der Waals surface area contributed by atoms with E-state index >= 15 is 0 Å². The van der Waals surface area contributed by atoms with Crippen molar-refractivity contribution in [2.24, 2.45) is 5.73 Å². The Hall–Kier alpha value is -1.94. The van der Waals surface area contributed by atoms with E-state index < -0.39 is 0 Å². The molecule has 0 aromatic heterocycles. The zero-order chi connectivity index (χ0) is 13.8. The van der Waals surface area contributed by atoms with Crippen molar-refractivity contribution < 1.29 is 9.13 Å². The molecular formula is C15H14FNOS. The molecule has 2 aromatic rings. The van der Waals surface area contributed by atoms with Crippen molar-refractivity contribution in [1.29, 1.82) is 0 Å². The van der Waals surface area contributed by atoms with E-state index in [1.807, 2.05) is 31.2 Å². The second kappa shape index (κ2) is 5.80. The Bertz CT molecular complexity index is 596. The molecule has 0 bridgehead atoms. The molecule has 2 aromatic carbocycles. The molecule has 19 heavy (non-hydrogen) atoms. The van der Waals surface area contributed by atoms with Gasteiger partial charge in [0.05, 0.1) is 0 Å². The quantitative estimate of drug-likeness (QED) is 0.869. The van der Waals surface area contributed by atoms with Crippen molar-refractivity contribution in [3.8, 4) is 5.75 Å². The van der Waals surface area contributed by atoms with E-state index in [9.17, 15) is 4.39 Å². The summed E-state index contributed by atoms with van der Waals surface area (Å²) in [5.41, 5.74) is 8.21. The van der Waals surface area contributed by atoms with Gasteiger partial charge < -0.3 is 10.5 Å². The maximum Gasteiger partial charge on any atom is 0.165 e. The molecule has 98 valence electrons. The first kappa shape index (κ1) is 13.5. The third-order valence-electron chi connectivity index (χ3n) is 2.72. The first-order chi connectivity index (χ1) is 9.06. The predicted molar refractivity (Wildman–Crippen MR) is 77.8 cm³/mol.